The summed E-state index contributed by atoms with van der Waals surface area (Å²) in [5, 5.41) is 12.9. The third kappa shape index (κ3) is 3.84. The molecule has 0 amide bonds. The maximum Gasteiger partial charge on any atom is 0.174 e. The van der Waals surface area contributed by atoms with Crippen LogP contribution in [0.15, 0.2) is 35.2 Å². The Morgan fingerprint density at radius 3 is 3.00 bits per heavy atom. The van der Waals surface area contributed by atoms with Gasteiger partial charge in [0.2, 0.25) is 0 Å². The van der Waals surface area contributed by atoms with Crippen molar-refractivity contribution < 1.29 is 0 Å². The van der Waals surface area contributed by atoms with Gasteiger partial charge >= 0.3 is 0 Å². The molecule has 0 fully saturated rings. The Balaban J connectivity index is 2.01. The molecule has 0 atom stereocenters. The van der Waals surface area contributed by atoms with Crippen LogP contribution in [0, 0.1) is 6.92 Å². The van der Waals surface area contributed by atoms with Crippen molar-refractivity contribution in [2.75, 3.05) is 11.1 Å². The van der Waals surface area contributed by atoms with Crippen molar-refractivity contribution in [1.29, 1.82) is 0 Å². The summed E-state index contributed by atoms with van der Waals surface area (Å²) in [6.45, 7) is 8.74. The first kappa shape index (κ1) is 15.1. The Labute approximate surface area is 128 Å². The van der Waals surface area contributed by atoms with E-state index in [9.17, 15) is 0 Å². The molecule has 2 aromatic rings. The summed E-state index contributed by atoms with van der Waals surface area (Å²) >= 11 is 3.31. The third-order valence-corrected chi connectivity index (χ3v) is 4.98. The summed E-state index contributed by atoms with van der Waals surface area (Å²) < 4.78 is 1.00. The van der Waals surface area contributed by atoms with Crippen LogP contribution in [0.2, 0.25) is 0 Å². The number of thioether (sulfide) groups is 1. The van der Waals surface area contributed by atoms with Gasteiger partial charge in [0.15, 0.2) is 4.34 Å². The molecular weight excluding hydrogens is 286 g/mol. The lowest BCUT2D eigenvalue weighted by Gasteiger charge is -2.12. The molecule has 0 saturated carbocycles. The standard InChI is InChI=1S/C15H19N3S2/c1-4-9-19-15-18-17-13(20-15)10-16-14-11(3)7-6-8-12(14)5-2/h4,6-8,16H,1,5,9-10H2,2-3H3. The van der Waals surface area contributed by atoms with Crippen LogP contribution < -0.4 is 5.32 Å². The molecule has 0 radical (unpaired) electrons. The molecule has 20 heavy (non-hydrogen) atoms. The predicted octanol–water partition coefficient (Wildman–Crippen LogP) is 4.30. The number of rotatable bonds is 7. The minimum Gasteiger partial charge on any atom is -0.378 e. The van der Waals surface area contributed by atoms with Gasteiger partial charge in [-0.3, -0.25) is 0 Å². The highest BCUT2D eigenvalue weighted by Gasteiger charge is 2.07. The van der Waals surface area contributed by atoms with E-state index in [0.29, 0.717) is 0 Å². The zero-order valence-electron chi connectivity index (χ0n) is 11.8. The summed E-state index contributed by atoms with van der Waals surface area (Å²) in [5.41, 5.74) is 3.84. The van der Waals surface area contributed by atoms with Crippen molar-refractivity contribution in [2.45, 2.75) is 31.2 Å². The second-order valence-electron chi connectivity index (χ2n) is 4.38. The molecule has 3 nitrogen and oxygen atoms in total. The number of aromatic nitrogens is 2. The smallest absolute Gasteiger partial charge is 0.174 e. The summed E-state index contributed by atoms with van der Waals surface area (Å²) in [5.74, 6) is 0.875. The van der Waals surface area contributed by atoms with E-state index in [1.165, 1.54) is 16.8 Å². The number of anilines is 1. The number of aryl methyl sites for hydroxylation is 2. The average molecular weight is 305 g/mol. The van der Waals surface area contributed by atoms with Crippen LogP contribution in [0.4, 0.5) is 5.69 Å². The molecule has 0 unspecified atom stereocenters. The van der Waals surface area contributed by atoms with Gasteiger partial charge in [-0.05, 0) is 24.5 Å². The fourth-order valence-electron chi connectivity index (χ4n) is 1.94. The Bertz CT molecular complexity index is 578. The average Bonchev–Trinajstić information content (AvgIpc) is 2.91. The van der Waals surface area contributed by atoms with Crippen molar-refractivity contribution in [3.05, 3.63) is 47.0 Å². The van der Waals surface area contributed by atoms with Crippen LogP contribution in [-0.4, -0.2) is 16.0 Å². The first-order valence-corrected chi connectivity index (χ1v) is 8.43. The van der Waals surface area contributed by atoms with Crippen LogP contribution in [0.3, 0.4) is 0 Å². The first-order chi connectivity index (χ1) is 9.74. The van der Waals surface area contributed by atoms with Gasteiger partial charge in [0.25, 0.3) is 0 Å². The Hall–Kier alpha value is -1.33. The summed E-state index contributed by atoms with van der Waals surface area (Å²) in [6, 6.07) is 6.40. The van der Waals surface area contributed by atoms with Crippen molar-refractivity contribution in [2.24, 2.45) is 0 Å². The highest BCUT2D eigenvalue weighted by atomic mass is 32.2. The lowest BCUT2D eigenvalue weighted by atomic mass is 10.1. The first-order valence-electron chi connectivity index (χ1n) is 6.63. The largest absolute Gasteiger partial charge is 0.378 e. The molecule has 5 heteroatoms. The summed E-state index contributed by atoms with van der Waals surface area (Å²) in [4.78, 5) is 0. The lowest BCUT2D eigenvalue weighted by molar-refractivity contribution is 0.945. The van der Waals surface area contributed by atoms with E-state index >= 15 is 0 Å². The number of benzene rings is 1. The van der Waals surface area contributed by atoms with Gasteiger partial charge in [-0.1, -0.05) is 54.3 Å². The SMILES string of the molecule is C=CCSc1nnc(CNc2c(C)cccc2CC)s1. The molecular formula is C15H19N3S2. The topological polar surface area (TPSA) is 37.8 Å². The van der Waals surface area contributed by atoms with Gasteiger partial charge in [-0.15, -0.1) is 16.8 Å². The van der Waals surface area contributed by atoms with Crippen LogP contribution in [0.5, 0.6) is 0 Å². The Morgan fingerprint density at radius 1 is 1.40 bits per heavy atom. The number of nitrogens with one attached hydrogen (secondary N) is 1. The van der Waals surface area contributed by atoms with Gasteiger partial charge in [-0.2, -0.15) is 0 Å². The molecule has 1 aromatic heterocycles. The van der Waals surface area contributed by atoms with E-state index in [4.69, 9.17) is 0 Å². The van der Waals surface area contributed by atoms with E-state index in [-0.39, 0.29) is 0 Å². The van der Waals surface area contributed by atoms with Gasteiger partial charge in [-0.25, -0.2) is 0 Å². The molecule has 0 spiro atoms. The molecule has 106 valence electrons. The third-order valence-electron chi connectivity index (χ3n) is 2.93. The van der Waals surface area contributed by atoms with E-state index in [0.717, 1.165) is 28.1 Å². The molecule has 0 bridgehead atoms. The summed E-state index contributed by atoms with van der Waals surface area (Å²) in [6.07, 6.45) is 2.91. The fourth-order valence-corrected chi connectivity index (χ4v) is 3.53. The second kappa shape index (κ2) is 7.45. The van der Waals surface area contributed by atoms with E-state index in [1.54, 1.807) is 23.1 Å². The van der Waals surface area contributed by atoms with Gasteiger partial charge in [0.1, 0.15) is 5.01 Å². The van der Waals surface area contributed by atoms with Crippen LogP contribution >= 0.6 is 23.1 Å². The predicted molar refractivity (Wildman–Crippen MR) is 88.7 cm³/mol. The van der Waals surface area contributed by atoms with Crippen LogP contribution in [0.25, 0.3) is 0 Å². The van der Waals surface area contributed by atoms with E-state index < -0.39 is 0 Å². The van der Waals surface area contributed by atoms with Crippen molar-refractivity contribution in [3.63, 3.8) is 0 Å². The minimum atomic E-state index is 0.726. The molecule has 2 rings (SSSR count). The zero-order chi connectivity index (χ0) is 14.4. The normalized spacial score (nSPS) is 10.5. The lowest BCUT2D eigenvalue weighted by Crippen LogP contribution is -2.03. The maximum absolute atomic E-state index is 4.22. The molecule has 1 N–H and O–H groups in total. The monoisotopic (exact) mass is 305 g/mol. The molecule has 0 aliphatic carbocycles. The van der Waals surface area contributed by atoms with E-state index in [1.807, 2.05) is 6.08 Å². The quantitative estimate of drug-likeness (QED) is 0.611. The number of hydrogen-bond donors (Lipinski definition) is 1. The number of nitrogens with zero attached hydrogens (tertiary/aromatic N) is 2. The maximum atomic E-state index is 4.22. The number of hydrogen-bond acceptors (Lipinski definition) is 5. The van der Waals surface area contributed by atoms with Gasteiger partial charge < -0.3 is 5.32 Å². The molecule has 1 aromatic carbocycles. The van der Waals surface area contributed by atoms with Gasteiger partial charge in [0.05, 0.1) is 6.54 Å². The van der Waals surface area contributed by atoms with Crippen molar-refractivity contribution in [1.82, 2.24) is 10.2 Å². The van der Waals surface area contributed by atoms with Crippen LogP contribution in [-0.2, 0) is 13.0 Å². The summed E-state index contributed by atoms with van der Waals surface area (Å²) in [7, 11) is 0. The molecule has 0 aliphatic rings. The molecule has 0 saturated heterocycles. The highest BCUT2D eigenvalue weighted by Crippen LogP contribution is 2.25. The number of para-hydroxylation sites is 1. The van der Waals surface area contributed by atoms with Crippen molar-refractivity contribution >= 4 is 28.8 Å². The molecule has 0 aliphatic heterocycles. The Morgan fingerprint density at radius 2 is 2.25 bits per heavy atom. The van der Waals surface area contributed by atoms with Crippen molar-refractivity contribution in [3.8, 4) is 0 Å². The zero-order valence-corrected chi connectivity index (χ0v) is 13.5. The second-order valence-corrected chi connectivity index (χ2v) is 6.71. The fraction of sp³-hybridized carbons (Fsp3) is 0.333. The van der Waals surface area contributed by atoms with Crippen LogP contribution in [0.1, 0.15) is 23.1 Å². The Kier molecular flexibility index (Phi) is 5.61. The van der Waals surface area contributed by atoms with E-state index in [2.05, 4.69) is 54.1 Å². The molecule has 1 heterocycles. The van der Waals surface area contributed by atoms with Gasteiger partial charge in [0, 0.05) is 11.4 Å². The minimum absolute atomic E-state index is 0.726. The highest BCUT2D eigenvalue weighted by molar-refractivity contribution is 8.01.